The fourth-order valence-electron chi connectivity index (χ4n) is 3.33. The van der Waals surface area contributed by atoms with Crippen molar-refractivity contribution >= 4 is 39.8 Å². The summed E-state index contributed by atoms with van der Waals surface area (Å²) in [5.74, 6) is -1.11. The third-order valence-corrected chi connectivity index (χ3v) is 5.07. The van der Waals surface area contributed by atoms with Crippen molar-refractivity contribution in [1.29, 1.82) is 0 Å². The molecule has 122 valence electrons. The summed E-state index contributed by atoms with van der Waals surface area (Å²) in [5, 5.41) is 4.98. The first-order valence-electron chi connectivity index (χ1n) is 7.20. The van der Waals surface area contributed by atoms with Crippen LogP contribution in [0.5, 0.6) is 0 Å². The molecule has 2 aliphatic rings. The van der Waals surface area contributed by atoms with Gasteiger partial charge in [0.15, 0.2) is 6.29 Å². The predicted molar refractivity (Wildman–Crippen MR) is 84.9 cm³/mol. The number of rotatable bonds is 2. The fourth-order valence-corrected chi connectivity index (χ4v) is 3.75. The molecule has 0 saturated carbocycles. The molecule has 2 atom stereocenters. The molecule has 2 heterocycles. The molecule has 3 rings (SSSR count). The van der Waals surface area contributed by atoms with E-state index in [2.05, 4.69) is 26.6 Å². The summed E-state index contributed by atoms with van der Waals surface area (Å²) in [6, 6.07) is 2.44. The quantitative estimate of drug-likeness (QED) is 0.603. The second-order valence-electron chi connectivity index (χ2n) is 5.91. The summed E-state index contributed by atoms with van der Waals surface area (Å²) in [5.41, 5.74) is -0.450. The Hall–Kier alpha value is -1.96. The number of hydrogen-bond donors (Lipinski definition) is 2. The van der Waals surface area contributed by atoms with Gasteiger partial charge in [0.2, 0.25) is 0 Å². The van der Waals surface area contributed by atoms with Crippen LogP contribution in [0.15, 0.2) is 16.6 Å². The molecule has 6 nitrogen and oxygen atoms in total. The van der Waals surface area contributed by atoms with E-state index in [0.717, 1.165) is 0 Å². The molecule has 3 amide bonds. The Morgan fingerprint density at radius 3 is 2.74 bits per heavy atom. The molecule has 2 fully saturated rings. The molecular weight excluding hydrogens is 369 g/mol. The molecule has 2 N–H and O–H groups in total. The van der Waals surface area contributed by atoms with Gasteiger partial charge in [-0.25, -0.2) is 9.18 Å². The van der Waals surface area contributed by atoms with Crippen molar-refractivity contribution in [2.75, 3.05) is 18.0 Å². The summed E-state index contributed by atoms with van der Waals surface area (Å²) in [4.78, 5) is 36.7. The Kier molecular flexibility index (Phi) is 3.87. The van der Waals surface area contributed by atoms with E-state index in [9.17, 15) is 18.8 Å². The van der Waals surface area contributed by atoms with Crippen LogP contribution < -0.4 is 15.5 Å². The predicted octanol–water partition coefficient (Wildman–Crippen LogP) is 1.83. The minimum absolute atomic E-state index is 0.00346. The van der Waals surface area contributed by atoms with Crippen molar-refractivity contribution in [3.63, 3.8) is 0 Å². The Balaban J connectivity index is 1.91. The summed E-state index contributed by atoms with van der Waals surface area (Å²) < 4.78 is 14.5. The smallest absolute Gasteiger partial charge is 0.322 e. The molecule has 1 aromatic carbocycles. The van der Waals surface area contributed by atoms with Gasteiger partial charge in [0.25, 0.3) is 5.91 Å². The van der Waals surface area contributed by atoms with Gasteiger partial charge in [0, 0.05) is 23.5 Å². The molecule has 0 bridgehead atoms. The topological polar surface area (TPSA) is 78.5 Å². The number of nitrogens with one attached hydrogen (secondary N) is 2. The summed E-state index contributed by atoms with van der Waals surface area (Å²) in [6.07, 6.45) is 0.883. The minimum atomic E-state index is -0.931. The monoisotopic (exact) mass is 383 g/mol. The van der Waals surface area contributed by atoms with E-state index in [0.29, 0.717) is 36.0 Å². The number of carbonyl (C=O) groups is 3. The maximum Gasteiger partial charge on any atom is 0.322 e. The standard InChI is InChI=1S/C15H15BrFN3O3/c1-8-6-20(3-2-15(8)13(22)18-14(23)19-15)12-5-9(16)4-11(17)10(12)7-21/h4-5,7-8H,2-3,6H2,1H3,(H2,18,19,22,23). The molecule has 2 saturated heterocycles. The maximum atomic E-state index is 14.0. The number of carbonyl (C=O) groups excluding carboxylic acids is 3. The summed E-state index contributed by atoms with van der Waals surface area (Å²) in [7, 11) is 0. The molecule has 23 heavy (non-hydrogen) atoms. The average Bonchev–Trinajstić information content (AvgIpc) is 2.76. The van der Waals surface area contributed by atoms with Crippen LogP contribution in [0.2, 0.25) is 0 Å². The van der Waals surface area contributed by atoms with Gasteiger partial charge >= 0.3 is 6.03 Å². The third kappa shape index (κ3) is 2.50. The molecule has 0 aromatic heterocycles. The lowest BCUT2D eigenvalue weighted by Crippen LogP contribution is -2.60. The Morgan fingerprint density at radius 2 is 2.17 bits per heavy atom. The Morgan fingerprint density at radius 1 is 1.43 bits per heavy atom. The first-order chi connectivity index (χ1) is 10.9. The largest absolute Gasteiger partial charge is 0.370 e. The van der Waals surface area contributed by atoms with Gasteiger partial charge in [-0.1, -0.05) is 22.9 Å². The van der Waals surface area contributed by atoms with Crippen LogP contribution in [-0.2, 0) is 4.79 Å². The molecule has 0 aliphatic carbocycles. The van der Waals surface area contributed by atoms with E-state index in [1.807, 2.05) is 11.8 Å². The molecule has 1 aromatic rings. The number of urea groups is 1. The Labute approximate surface area is 140 Å². The Bertz CT molecular complexity index is 711. The number of piperidine rings is 1. The minimum Gasteiger partial charge on any atom is -0.370 e. The van der Waals surface area contributed by atoms with E-state index < -0.39 is 17.4 Å². The van der Waals surface area contributed by atoms with Crippen molar-refractivity contribution in [2.45, 2.75) is 18.9 Å². The highest BCUT2D eigenvalue weighted by molar-refractivity contribution is 9.10. The van der Waals surface area contributed by atoms with E-state index in [4.69, 9.17) is 0 Å². The van der Waals surface area contributed by atoms with Gasteiger partial charge in [-0.15, -0.1) is 0 Å². The van der Waals surface area contributed by atoms with Crippen LogP contribution in [0, 0.1) is 11.7 Å². The summed E-state index contributed by atoms with van der Waals surface area (Å²) >= 11 is 3.23. The van der Waals surface area contributed by atoms with Crippen LogP contribution in [0.4, 0.5) is 14.9 Å². The number of imide groups is 1. The number of nitrogens with zero attached hydrogens (tertiary/aromatic N) is 1. The van der Waals surface area contributed by atoms with Gasteiger partial charge in [-0.05, 0) is 18.6 Å². The van der Waals surface area contributed by atoms with Crippen molar-refractivity contribution < 1.29 is 18.8 Å². The van der Waals surface area contributed by atoms with Crippen LogP contribution in [0.25, 0.3) is 0 Å². The van der Waals surface area contributed by atoms with Crippen LogP contribution in [0.3, 0.4) is 0 Å². The SMILES string of the molecule is CC1CN(c2cc(Br)cc(F)c2C=O)CCC12NC(=O)NC2=O. The number of anilines is 1. The molecule has 2 unspecified atom stereocenters. The zero-order valence-electron chi connectivity index (χ0n) is 12.4. The van der Waals surface area contributed by atoms with Crippen LogP contribution in [0.1, 0.15) is 23.7 Å². The van der Waals surface area contributed by atoms with Gasteiger partial charge in [0.1, 0.15) is 11.4 Å². The van der Waals surface area contributed by atoms with Gasteiger partial charge in [0.05, 0.1) is 11.3 Å². The molecule has 0 radical (unpaired) electrons. The number of amides is 3. The lowest BCUT2D eigenvalue weighted by atomic mass is 9.78. The van der Waals surface area contributed by atoms with Crippen molar-refractivity contribution in [2.24, 2.45) is 5.92 Å². The zero-order valence-corrected chi connectivity index (χ0v) is 13.9. The van der Waals surface area contributed by atoms with Gasteiger partial charge < -0.3 is 10.2 Å². The number of hydrogen-bond acceptors (Lipinski definition) is 4. The van der Waals surface area contributed by atoms with Crippen molar-refractivity contribution in [1.82, 2.24) is 10.6 Å². The lowest BCUT2D eigenvalue weighted by molar-refractivity contribution is -0.126. The number of aldehydes is 1. The first-order valence-corrected chi connectivity index (χ1v) is 7.99. The third-order valence-electron chi connectivity index (χ3n) is 4.61. The normalized spacial score (nSPS) is 27.1. The van der Waals surface area contributed by atoms with E-state index in [-0.39, 0.29) is 17.4 Å². The number of halogens is 2. The highest BCUT2D eigenvalue weighted by atomic mass is 79.9. The van der Waals surface area contributed by atoms with Gasteiger partial charge in [-0.3, -0.25) is 14.9 Å². The summed E-state index contributed by atoms with van der Waals surface area (Å²) in [6.45, 7) is 2.70. The van der Waals surface area contributed by atoms with Gasteiger partial charge in [-0.2, -0.15) is 0 Å². The van der Waals surface area contributed by atoms with Crippen LogP contribution in [-0.4, -0.2) is 36.9 Å². The van der Waals surface area contributed by atoms with Crippen LogP contribution >= 0.6 is 15.9 Å². The number of benzene rings is 1. The highest BCUT2D eigenvalue weighted by Gasteiger charge is 2.52. The van der Waals surface area contributed by atoms with Crippen molar-refractivity contribution in [3.8, 4) is 0 Å². The van der Waals surface area contributed by atoms with E-state index >= 15 is 0 Å². The second-order valence-corrected chi connectivity index (χ2v) is 6.83. The lowest BCUT2D eigenvalue weighted by Gasteiger charge is -2.43. The molecule has 2 aliphatic heterocycles. The van der Waals surface area contributed by atoms with Crippen molar-refractivity contribution in [3.05, 3.63) is 28.0 Å². The first kappa shape index (κ1) is 15.9. The molecule has 8 heteroatoms. The molecular formula is C15H15BrFN3O3. The second kappa shape index (κ2) is 5.59. The van der Waals surface area contributed by atoms with E-state index in [1.165, 1.54) is 6.07 Å². The zero-order chi connectivity index (χ0) is 16.8. The van der Waals surface area contributed by atoms with E-state index in [1.54, 1.807) is 6.07 Å². The molecule has 1 spiro atoms. The maximum absolute atomic E-state index is 14.0. The highest BCUT2D eigenvalue weighted by Crippen LogP contribution is 2.35. The average molecular weight is 384 g/mol. The fraction of sp³-hybridized carbons (Fsp3) is 0.400.